The molecule has 1 saturated carbocycles. The van der Waals surface area contributed by atoms with Gasteiger partial charge in [0.25, 0.3) is 0 Å². The van der Waals surface area contributed by atoms with Crippen molar-refractivity contribution >= 4 is 11.6 Å². The molecule has 2 rings (SSSR count). The molecule has 0 spiro atoms. The number of nitrogens with zero attached hydrogens (tertiary/aromatic N) is 1. The molecule has 0 atom stereocenters. The molecule has 0 aromatic heterocycles. The van der Waals surface area contributed by atoms with E-state index in [1.54, 1.807) is 0 Å². The zero-order valence-electron chi connectivity index (χ0n) is 12.0. The van der Waals surface area contributed by atoms with Crippen molar-refractivity contribution < 1.29 is 4.79 Å². The van der Waals surface area contributed by atoms with Crippen LogP contribution in [0.3, 0.4) is 0 Å². The number of amides is 1. The first-order valence-corrected chi connectivity index (χ1v) is 7.11. The highest BCUT2D eigenvalue weighted by atomic mass is 16.2. The van der Waals surface area contributed by atoms with Crippen molar-refractivity contribution in [2.75, 3.05) is 12.8 Å². The normalized spacial score (nSPS) is 18.0. The smallest absolute Gasteiger partial charge is 0.228 e. The highest BCUT2D eigenvalue weighted by molar-refractivity contribution is 5.82. The zero-order valence-corrected chi connectivity index (χ0v) is 12.0. The molecule has 1 amide bonds. The molecule has 0 bridgehead atoms. The molecule has 2 N–H and O–H groups in total. The fraction of sp³-hybridized carbons (Fsp3) is 0.562. The standard InChI is InChI=1S/C16H24N2O/c1-16(9-4-3-5-10-16)15(19)18(2)12-13-7-6-8-14(17)11-13/h6-8,11H,3-5,9-10,12,17H2,1-2H3. The van der Waals surface area contributed by atoms with E-state index >= 15 is 0 Å². The van der Waals surface area contributed by atoms with Gasteiger partial charge in [0.15, 0.2) is 0 Å². The molecule has 104 valence electrons. The second-order valence-corrected chi connectivity index (χ2v) is 6.03. The van der Waals surface area contributed by atoms with Gasteiger partial charge < -0.3 is 10.6 Å². The summed E-state index contributed by atoms with van der Waals surface area (Å²) in [5, 5.41) is 0. The van der Waals surface area contributed by atoms with Crippen LogP contribution in [0.2, 0.25) is 0 Å². The van der Waals surface area contributed by atoms with Gasteiger partial charge in [-0.05, 0) is 30.5 Å². The molecule has 0 radical (unpaired) electrons. The lowest BCUT2D eigenvalue weighted by molar-refractivity contribution is -0.142. The number of rotatable bonds is 3. The van der Waals surface area contributed by atoms with E-state index in [2.05, 4.69) is 6.92 Å². The topological polar surface area (TPSA) is 46.3 Å². The lowest BCUT2D eigenvalue weighted by Gasteiger charge is -2.35. The Balaban J connectivity index is 2.03. The summed E-state index contributed by atoms with van der Waals surface area (Å²) in [6, 6.07) is 7.76. The Kier molecular flexibility index (Phi) is 4.13. The van der Waals surface area contributed by atoms with Crippen LogP contribution < -0.4 is 5.73 Å². The SMILES string of the molecule is CN(Cc1cccc(N)c1)C(=O)C1(C)CCCCC1. The van der Waals surface area contributed by atoms with E-state index in [4.69, 9.17) is 5.73 Å². The van der Waals surface area contributed by atoms with Crippen LogP contribution in [0.4, 0.5) is 5.69 Å². The third kappa shape index (κ3) is 3.28. The maximum absolute atomic E-state index is 12.6. The Morgan fingerprint density at radius 3 is 2.63 bits per heavy atom. The fourth-order valence-corrected chi connectivity index (χ4v) is 3.04. The van der Waals surface area contributed by atoms with Gasteiger partial charge in [-0.3, -0.25) is 4.79 Å². The minimum Gasteiger partial charge on any atom is -0.399 e. The summed E-state index contributed by atoms with van der Waals surface area (Å²) < 4.78 is 0. The first kappa shape index (κ1) is 13.9. The van der Waals surface area contributed by atoms with Gasteiger partial charge in [-0.2, -0.15) is 0 Å². The van der Waals surface area contributed by atoms with E-state index in [0.717, 1.165) is 24.1 Å². The maximum atomic E-state index is 12.6. The van der Waals surface area contributed by atoms with E-state index in [9.17, 15) is 4.79 Å². The highest BCUT2D eigenvalue weighted by Crippen LogP contribution is 2.37. The first-order valence-electron chi connectivity index (χ1n) is 7.11. The predicted molar refractivity (Wildman–Crippen MR) is 78.5 cm³/mol. The monoisotopic (exact) mass is 260 g/mol. The van der Waals surface area contributed by atoms with Crippen molar-refractivity contribution in [1.82, 2.24) is 4.90 Å². The van der Waals surface area contributed by atoms with Crippen molar-refractivity contribution in [3.8, 4) is 0 Å². The second-order valence-electron chi connectivity index (χ2n) is 6.03. The van der Waals surface area contributed by atoms with Crippen LogP contribution in [-0.2, 0) is 11.3 Å². The van der Waals surface area contributed by atoms with Gasteiger partial charge in [0.05, 0.1) is 0 Å². The molecule has 3 heteroatoms. The van der Waals surface area contributed by atoms with Gasteiger partial charge in [0, 0.05) is 24.7 Å². The predicted octanol–water partition coefficient (Wildman–Crippen LogP) is 3.20. The van der Waals surface area contributed by atoms with E-state index in [0.29, 0.717) is 6.54 Å². The van der Waals surface area contributed by atoms with Crippen molar-refractivity contribution in [2.45, 2.75) is 45.6 Å². The molecule has 1 aliphatic carbocycles. The minimum absolute atomic E-state index is 0.159. The summed E-state index contributed by atoms with van der Waals surface area (Å²) in [6.45, 7) is 2.75. The summed E-state index contributed by atoms with van der Waals surface area (Å²) >= 11 is 0. The Labute approximate surface area is 115 Å². The lowest BCUT2D eigenvalue weighted by atomic mass is 9.74. The summed E-state index contributed by atoms with van der Waals surface area (Å²) in [6.07, 6.45) is 5.66. The van der Waals surface area contributed by atoms with Crippen LogP contribution in [0.15, 0.2) is 24.3 Å². The quantitative estimate of drug-likeness (QED) is 0.848. The lowest BCUT2D eigenvalue weighted by Crippen LogP contribution is -2.41. The van der Waals surface area contributed by atoms with Crippen LogP contribution in [0, 0.1) is 5.41 Å². The maximum Gasteiger partial charge on any atom is 0.228 e. The number of benzene rings is 1. The third-order valence-corrected chi connectivity index (χ3v) is 4.19. The number of anilines is 1. The van der Waals surface area contributed by atoms with Crippen molar-refractivity contribution in [2.24, 2.45) is 5.41 Å². The Morgan fingerprint density at radius 1 is 1.32 bits per heavy atom. The number of nitrogen functional groups attached to an aromatic ring is 1. The summed E-state index contributed by atoms with van der Waals surface area (Å²) in [7, 11) is 1.89. The molecule has 3 nitrogen and oxygen atoms in total. The van der Waals surface area contributed by atoms with Crippen LogP contribution in [0.5, 0.6) is 0 Å². The largest absolute Gasteiger partial charge is 0.399 e. The average molecular weight is 260 g/mol. The van der Waals surface area contributed by atoms with E-state index in [1.165, 1.54) is 19.3 Å². The fourth-order valence-electron chi connectivity index (χ4n) is 3.04. The molecule has 0 heterocycles. The summed E-state index contributed by atoms with van der Waals surface area (Å²) in [5.74, 6) is 0.273. The molecule has 1 aromatic rings. The molecule has 1 fully saturated rings. The zero-order chi connectivity index (χ0) is 13.9. The molecule has 0 unspecified atom stereocenters. The molecular weight excluding hydrogens is 236 g/mol. The van der Waals surface area contributed by atoms with E-state index in [-0.39, 0.29) is 11.3 Å². The van der Waals surface area contributed by atoms with Crippen LogP contribution >= 0.6 is 0 Å². The van der Waals surface area contributed by atoms with Crippen LogP contribution in [-0.4, -0.2) is 17.9 Å². The van der Waals surface area contributed by atoms with Crippen molar-refractivity contribution in [3.05, 3.63) is 29.8 Å². The third-order valence-electron chi connectivity index (χ3n) is 4.19. The number of hydrogen-bond donors (Lipinski definition) is 1. The second kappa shape index (κ2) is 5.64. The van der Waals surface area contributed by atoms with E-state index in [1.807, 2.05) is 36.2 Å². The summed E-state index contributed by atoms with van der Waals surface area (Å²) in [4.78, 5) is 14.5. The molecule has 0 saturated heterocycles. The van der Waals surface area contributed by atoms with Crippen molar-refractivity contribution in [3.63, 3.8) is 0 Å². The first-order chi connectivity index (χ1) is 9.01. The molecule has 19 heavy (non-hydrogen) atoms. The minimum atomic E-state index is -0.159. The molecule has 1 aliphatic rings. The Hall–Kier alpha value is -1.51. The Morgan fingerprint density at radius 2 is 2.00 bits per heavy atom. The Bertz CT molecular complexity index is 450. The van der Waals surface area contributed by atoms with Crippen LogP contribution in [0.25, 0.3) is 0 Å². The van der Waals surface area contributed by atoms with Gasteiger partial charge in [0.1, 0.15) is 0 Å². The van der Waals surface area contributed by atoms with E-state index < -0.39 is 0 Å². The van der Waals surface area contributed by atoms with Gasteiger partial charge >= 0.3 is 0 Å². The number of carbonyl (C=O) groups is 1. The molecular formula is C16H24N2O. The number of nitrogens with two attached hydrogens (primary N) is 1. The van der Waals surface area contributed by atoms with Gasteiger partial charge in [-0.25, -0.2) is 0 Å². The van der Waals surface area contributed by atoms with Gasteiger partial charge in [0.2, 0.25) is 5.91 Å². The molecule has 0 aliphatic heterocycles. The van der Waals surface area contributed by atoms with Crippen LogP contribution in [0.1, 0.15) is 44.6 Å². The number of hydrogen-bond acceptors (Lipinski definition) is 2. The van der Waals surface area contributed by atoms with Gasteiger partial charge in [-0.1, -0.05) is 38.3 Å². The summed E-state index contributed by atoms with van der Waals surface area (Å²) in [5.41, 5.74) is 7.46. The van der Waals surface area contributed by atoms with Crippen molar-refractivity contribution in [1.29, 1.82) is 0 Å². The average Bonchev–Trinajstić information content (AvgIpc) is 2.38. The molecule has 1 aromatic carbocycles. The number of carbonyl (C=O) groups excluding carboxylic acids is 1. The van der Waals surface area contributed by atoms with Gasteiger partial charge in [-0.15, -0.1) is 0 Å². The highest BCUT2D eigenvalue weighted by Gasteiger charge is 2.36.